The van der Waals surface area contributed by atoms with E-state index in [2.05, 4.69) is 48.1 Å². The van der Waals surface area contributed by atoms with Crippen LogP contribution in [0, 0.1) is 5.41 Å². The molecule has 0 spiro atoms. The van der Waals surface area contributed by atoms with Crippen LogP contribution in [0.1, 0.15) is 144 Å². The molecule has 2 nitrogen and oxygen atoms in total. The van der Waals surface area contributed by atoms with Gasteiger partial charge in [-0.2, -0.15) is 0 Å². The number of hydrogen-bond donors (Lipinski definition) is 0. The minimum absolute atomic E-state index is 0.0781. The molecule has 0 bridgehead atoms. The molecule has 0 aliphatic rings. The monoisotopic (exact) mass is 408 g/mol. The molecule has 172 valence electrons. The van der Waals surface area contributed by atoms with Crippen LogP contribution in [0.3, 0.4) is 0 Å². The molecular formula is C27H52O2. The molecule has 0 radical (unpaired) electrons. The van der Waals surface area contributed by atoms with Gasteiger partial charge in [-0.25, -0.2) is 4.79 Å². The molecule has 0 aromatic carbocycles. The Morgan fingerprint density at radius 1 is 0.621 bits per heavy atom. The Balaban J connectivity index is 5.68. The van der Waals surface area contributed by atoms with Crippen molar-refractivity contribution >= 4 is 5.97 Å². The summed E-state index contributed by atoms with van der Waals surface area (Å²) in [6, 6.07) is 0. The molecule has 0 aliphatic heterocycles. The summed E-state index contributed by atoms with van der Waals surface area (Å²) in [7, 11) is 0. The van der Waals surface area contributed by atoms with E-state index < -0.39 is 0 Å². The van der Waals surface area contributed by atoms with Crippen LogP contribution < -0.4 is 0 Å². The van der Waals surface area contributed by atoms with Crippen molar-refractivity contribution in [3.63, 3.8) is 0 Å². The normalized spacial score (nSPS) is 12.2. The third-order valence-electron chi connectivity index (χ3n) is 6.62. The predicted octanol–water partition coefficient (Wildman–Crippen LogP) is 9.17. The van der Waals surface area contributed by atoms with Crippen molar-refractivity contribution in [2.24, 2.45) is 5.41 Å². The van der Waals surface area contributed by atoms with Gasteiger partial charge in [-0.05, 0) is 51.4 Å². The Hall–Kier alpha value is -0.790. The molecule has 0 fully saturated rings. The third kappa shape index (κ3) is 9.71. The van der Waals surface area contributed by atoms with Crippen molar-refractivity contribution in [1.82, 2.24) is 0 Å². The fourth-order valence-electron chi connectivity index (χ4n) is 4.79. The first-order valence-corrected chi connectivity index (χ1v) is 12.8. The molecule has 29 heavy (non-hydrogen) atoms. The van der Waals surface area contributed by atoms with E-state index in [0.717, 1.165) is 108 Å². The van der Waals surface area contributed by atoms with E-state index in [-0.39, 0.29) is 17.0 Å². The SMILES string of the molecule is C=C(C(=O)OC(CCC)(CCCC)CCCC)C(CCC)(CCCC)CCCC. The van der Waals surface area contributed by atoms with Crippen LogP contribution in [0.2, 0.25) is 0 Å². The number of esters is 1. The lowest BCUT2D eigenvalue weighted by Gasteiger charge is -2.39. The number of carbonyl (C=O) groups excluding carboxylic acids is 1. The lowest BCUT2D eigenvalue weighted by molar-refractivity contribution is -0.159. The molecular weight excluding hydrogens is 356 g/mol. The van der Waals surface area contributed by atoms with Crippen LogP contribution in [0.15, 0.2) is 12.2 Å². The Labute approximate surface area is 183 Å². The van der Waals surface area contributed by atoms with Crippen molar-refractivity contribution < 1.29 is 9.53 Å². The minimum Gasteiger partial charge on any atom is -0.456 e. The van der Waals surface area contributed by atoms with Gasteiger partial charge in [-0.1, -0.05) is 99.5 Å². The maximum atomic E-state index is 13.5. The Bertz CT molecular complexity index is 422. The van der Waals surface area contributed by atoms with E-state index in [9.17, 15) is 4.79 Å². The predicted molar refractivity (Wildman–Crippen MR) is 128 cm³/mol. The van der Waals surface area contributed by atoms with Crippen LogP contribution in [-0.2, 0) is 9.53 Å². The van der Waals surface area contributed by atoms with Gasteiger partial charge >= 0.3 is 5.97 Å². The summed E-state index contributed by atoms with van der Waals surface area (Å²) in [5, 5.41) is 0. The van der Waals surface area contributed by atoms with Crippen LogP contribution in [0.25, 0.3) is 0 Å². The molecule has 0 heterocycles. The highest BCUT2D eigenvalue weighted by Gasteiger charge is 2.39. The lowest BCUT2D eigenvalue weighted by atomic mass is 9.69. The molecule has 0 saturated carbocycles. The second-order valence-electron chi connectivity index (χ2n) is 9.25. The maximum Gasteiger partial charge on any atom is 0.334 e. The van der Waals surface area contributed by atoms with Gasteiger partial charge in [0, 0.05) is 11.0 Å². The highest BCUT2D eigenvalue weighted by atomic mass is 16.6. The van der Waals surface area contributed by atoms with E-state index in [4.69, 9.17) is 4.74 Å². The van der Waals surface area contributed by atoms with E-state index in [1.54, 1.807) is 0 Å². The Morgan fingerprint density at radius 3 is 1.41 bits per heavy atom. The van der Waals surface area contributed by atoms with Gasteiger partial charge in [-0.15, -0.1) is 0 Å². The number of unbranched alkanes of at least 4 members (excludes halogenated alkanes) is 4. The molecule has 0 atom stereocenters. The zero-order valence-electron chi connectivity index (χ0n) is 20.8. The van der Waals surface area contributed by atoms with Crippen molar-refractivity contribution in [3.05, 3.63) is 12.2 Å². The van der Waals surface area contributed by atoms with Gasteiger partial charge in [0.2, 0.25) is 0 Å². The summed E-state index contributed by atoms with van der Waals surface area (Å²) in [6.07, 6.45) is 17.4. The summed E-state index contributed by atoms with van der Waals surface area (Å²) < 4.78 is 6.42. The van der Waals surface area contributed by atoms with Gasteiger partial charge < -0.3 is 4.74 Å². The smallest absolute Gasteiger partial charge is 0.334 e. The van der Waals surface area contributed by atoms with Crippen LogP contribution in [0.5, 0.6) is 0 Å². The first-order chi connectivity index (χ1) is 13.9. The van der Waals surface area contributed by atoms with E-state index in [1.807, 2.05) is 0 Å². The summed E-state index contributed by atoms with van der Waals surface area (Å²) >= 11 is 0. The molecule has 0 N–H and O–H groups in total. The molecule has 0 saturated heterocycles. The highest BCUT2D eigenvalue weighted by molar-refractivity contribution is 5.89. The molecule has 0 aliphatic carbocycles. The van der Waals surface area contributed by atoms with E-state index in [0.29, 0.717) is 0 Å². The Kier molecular flexibility index (Phi) is 15.5. The fourth-order valence-corrected chi connectivity index (χ4v) is 4.79. The van der Waals surface area contributed by atoms with Crippen molar-refractivity contribution in [3.8, 4) is 0 Å². The third-order valence-corrected chi connectivity index (χ3v) is 6.62. The second-order valence-corrected chi connectivity index (χ2v) is 9.25. The first kappa shape index (κ1) is 28.2. The van der Waals surface area contributed by atoms with Gasteiger partial charge in [-0.3, -0.25) is 0 Å². The van der Waals surface area contributed by atoms with Crippen LogP contribution in [0.4, 0.5) is 0 Å². The van der Waals surface area contributed by atoms with Gasteiger partial charge in [0.25, 0.3) is 0 Å². The summed E-state index contributed by atoms with van der Waals surface area (Å²) in [5.74, 6) is -0.105. The van der Waals surface area contributed by atoms with E-state index >= 15 is 0 Å². The summed E-state index contributed by atoms with van der Waals surface area (Å²) in [5.41, 5.74) is 0.384. The fraction of sp³-hybridized carbons (Fsp3) is 0.889. The number of carbonyl (C=O) groups is 1. The summed E-state index contributed by atoms with van der Waals surface area (Å²) in [6.45, 7) is 17.7. The van der Waals surface area contributed by atoms with Crippen LogP contribution in [-0.4, -0.2) is 11.6 Å². The van der Waals surface area contributed by atoms with Gasteiger partial charge in [0.1, 0.15) is 5.60 Å². The first-order valence-electron chi connectivity index (χ1n) is 12.8. The lowest BCUT2D eigenvalue weighted by Crippen LogP contribution is -2.38. The topological polar surface area (TPSA) is 26.3 Å². The molecule has 0 amide bonds. The average molecular weight is 409 g/mol. The average Bonchev–Trinajstić information content (AvgIpc) is 2.72. The second kappa shape index (κ2) is 16.0. The molecule has 0 unspecified atom stereocenters. The van der Waals surface area contributed by atoms with Crippen molar-refractivity contribution in [2.45, 2.75) is 150 Å². The number of rotatable bonds is 19. The van der Waals surface area contributed by atoms with Gasteiger partial charge in [0.05, 0.1) is 0 Å². The minimum atomic E-state index is -0.297. The maximum absolute atomic E-state index is 13.5. The molecule has 0 rings (SSSR count). The molecule has 0 aromatic heterocycles. The van der Waals surface area contributed by atoms with Crippen LogP contribution >= 0.6 is 0 Å². The van der Waals surface area contributed by atoms with Crippen molar-refractivity contribution in [1.29, 1.82) is 0 Å². The van der Waals surface area contributed by atoms with Gasteiger partial charge in [0.15, 0.2) is 0 Å². The molecule has 2 heteroatoms. The quantitative estimate of drug-likeness (QED) is 0.157. The number of hydrogen-bond acceptors (Lipinski definition) is 2. The Morgan fingerprint density at radius 2 is 1.03 bits per heavy atom. The zero-order valence-corrected chi connectivity index (χ0v) is 20.8. The summed E-state index contributed by atoms with van der Waals surface area (Å²) in [4.78, 5) is 13.5. The van der Waals surface area contributed by atoms with Crippen molar-refractivity contribution in [2.75, 3.05) is 0 Å². The largest absolute Gasteiger partial charge is 0.456 e. The highest BCUT2D eigenvalue weighted by Crippen LogP contribution is 2.44. The number of ether oxygens (including phenoxy) is 1. The molecule has 0 aromatic rings. The van der Waals surface area contributed by atoms with E-state index in [1.165, 1.54) is 0 Å². The standard InChI is InChI=1S/C27H52O2/c1-8-14-20-26(18-12-5,21-15-9-2)24(7)25(28)29-27(19-13-6,22-16-10-3)23-17-11-4/h7-23H2,1-6H3. The zero-order chi connectivity index (χ0) is 22.2.